The summed E-state index contributed by atoms with van der Waals surface area (Å²) in [5, 5.41) is 34.5. The van der Waals surface area contributed by atoms with E-state index in [1.807, 2.05) is 11.4 Å². The number of aliphatic hydroxyl groups excluding tert-OH is 2. The number of thiophene rings is 1. The zero-order chi connectivity index (χ0) is 16.2. The van der Waals surface area contributed by atoms with Gasteiger partial charge in [0.15, 0.2) is 18.0 Å². The summed E-state index contributed by atoms with van der Waals surface area (Å²) in [5.41, 5.74) is 6.67. The first-order valence-electron chi connectivity index (χ1n) is 5.93. The van der Waals surface area contributed by atoms with Crippen LogP contribution in [0, 0.1) is 0 Å². The molecule has 1 aliphatic rings. The number of ketones is 1. The van der Waals surface area contributed by atoms with Crippen molar-refractivity contribution in [3.05, 3.63) is 21.9 Å². The number of carboxylic acids is 2. The van der Waals surface area contributed by atoms with Gasteiger partial charge in [-0.25, -0.2) is 9.59 Å². The van der Waals surface area contributed by atoms with Gasteiger partial charge in [0.25, 0.3) is 0 Å². The molecule has 9 heteroatoms. The van der Waals surface area contributed by atoms with Crippen LogP contribution in [-0.2, 0) is 9.59 Å². The van der Waals surface area contributed by atoms with E-state index >= 15 is 0 Å². The zero-order valence-electron chi connectivity index (χ0n) is 10.8. The predicted molar refractivity (Wildman–Crippen MR) is 72.1 cm³/mol. The van der Waals surface area contributed by atoms with E-state index in [1.165, 1.54) is 0 Å². The van der Waals surface area contributed by atoms with Crippen LogP contribution in [0.5, 0.6) is 0 Å². The summed E-state index contributed by atoms with van der Waals surface area (Å²) in [7, 11) is 0. The fourth-order valence-electron chi connectivity index (χ4n) is 1.66. The third kappa shape index (κ3) is 4.33. The summed E-state index contributed by atoms with van der Waals surface area (Å²) in [6.45, 7) is 0. The molecule has 0 aromatic carbocycles. The van der Waals surface area contributed by atoms with Crippen LogP contribution in [0.2, 0.25) is 0 Å². The van der Waals surface area contributed by atoms with E-state index in [2.05, 4.69) is 0 Å². The minimum Gasteiger partial charge on any atom is -0.479 e. The van der Waals surface area contributed by atoms with Crippen LogP contribution in [0.3, 0.4) is 0 Å². The third-order valence-corrected chi connectivity index (χ3v) is 3.87. The summed E-state index contributed by atoms with van der Waals surface area (Å²) >= 11 is 1.59. The number of Topliss-reactive ketones (excluding diaryl/α,β-unsaturated/α-hetero) is 1. The van der Waals surface area contributed by atoms with E-state index in [0.29, 0.717) is 6.42 Å². The monoisotopic (exact) mass is 317 g/mol. The Labute approximate surface area is 123 Å². The van der Waals surface area contributed by atoms with Crippen LogP contribution < -0.4 is 5.73 Å². The van der Waals surface area contributed by atoms with Gasteiger partial charge in [0.1, 0.15) is 0 Å². The van der Waals surface area contributed by atoms with Crippen molar-refractivity contribution in [1.29, 1.82) is 0 Å². The second-order valence-corrected chi connectivity index (χ2v) is 5.28. The molecule has 1 aromatic heterocycles. The average Bonchev–Trinajstić information content (AvgIpc) is 2.92. The van der Waals surface area contributed by atoms with Crippen LogP contribution in [0.4, 0.5) is 0 Å². The lowest BCUT2D eigenvalue weighted by Gasteiger charge is -2.16. The number of hydrogen-bond acceptors (Lipinski definition) is 7. The number of aliphatic carboxylic acids is 2. The molecule has 21 heavy (non-hydrogen) atoms. The molecule has 8 nitrogen and oxygen atoms in total. The summed E-state index contributed by atoms with van der Waals surface area (Å²) in [6, 6.07) is 1.98. The average molecular weight is 317 g/mol. The van der Waals surface area contributed by atoms with Gasteiger partial charge in [-0.3, -0.25) is 4.79 Å². The van der Waals surface area contributed by atoms with Crippen molar-refractivity contribution in [3.8, 4) is 0 Å². The molecule has 2 rings (SSSR count). The fraction of sp³-hybridized carbons (Fsp3) is 0.417. The second-order valence-electron chi connectivity index (χ2n) is 4.33. The van der Waals surface area contributed by atoms with Gasteiger partial charge in [-0.15, -0.1) is 11.3 Å². The Morgan fingerprint density at radius 1 is 1.24 bits per heavy atom. The van der Waals surface area contributed by atoms with Crippen molar-refractivity contribution in [3.63, 3.8) is 0 Å². The van der Waals surface area contributed by atoms with E-state index in [9.17, 15) is 14.4 Å². The standard InChI is InChI=1S/C8H9NOS.C4H6O6/c9-6-1-2-7(10)5-3-4-11-8(5)6;5-1(3(7)8)2(6)4(9)10/h3-4,6H,1-2,9H2;1-2,5-6H,(H,7,8)(H,9,10). The molecule has 3 unspecified atom stereocenters. The number of rotatable bonds is 3. The zero-order valence-corrected chi connectivity index (χ0v) is 11.6. The molecule has 0 saturated carbocycles. The van der Waals surface area contributed by atoms with Crippen LogP contribution >= 0.6 is 11.3 Å². The van der Waals surface area contributed by atoms with Crippen LogP contribution in [0.25, 0.3) is 0 Å². The molecular formula is C12H15NO7S. The van der Waals surface area contributed by atoms with Gasteiger partial charge < -0.3 is 26.2 Å². The Balaban J connectivity index is 0.000000212. The molecule has 1 aliphatic carbocycles. The largest absolute Gasteiger partial charge is 0.479 e. The molecule has 0 bridgehead atoms. The highest BCUT2D eigenvalue weighted by atomic mass is 32.1. The molecule has 0 fully saturated rings. The second kappa shape index (κ2) is 7.27. The highest BCUT2D eigenvalue weighted by Gasteiger charge is 2.29. The Morgan fingerprint density at radius 3 is 2.19 bits per heavy atom. The number of carbonyl (C=O) groups is 3. The molecule has 0 amide bonds. The maximum atomic E-state index is 11.2. The number of fused-ring (bicyclic) bond motifs is 1. The normalized spacial score (nSPS) is 19.8. The topological polar surface area (TPSA) is 158 Å². The predicted octanol–water partition coefficient (Wildman–Crippen LogP) is -0.398. The van der Waals surface area contributed by atoms with Crippen molar-refractivity contribution in [1.82, 2.24) is 0 Å². The van der Waals surface area contributed by atoms with Crippen molar-refractivity contribution in [2.24, 2.45) is 5.73 Å². The third-order valence-electron chi connectivity index (χ3n) is 2.82. The molecule has 0 aliphatic heterocycles. The maximum absolute atomic E-state index is 11.2. The Kier molecular flexibility index (Phi) is 5.97. The van der Waals surface area contributed by atoms with E-state index in [4.69, 9.17) is 26.2 Å². The number of carbonyl (C=O) groups excluding carboxylic acids is 1. The summed E-state index contributed by atoms with van der Waals surface area (Å²) in [4.78, 5) is 31.9. The molecule has 0 spiro atoms. The Hall–Kier alpha value is -1.81. The molecule has 3 atom stereocenters. The van der Waals surface area contributed by atoms with E-state index in [-0.39, 0.29) is 11.8 Å². The van der Waals surface area contributed by atoms with E-state index in [0.717, 1.165) is 16.9 Å². The van der Waals surface area contributed by atoms with Gasteiger partial charge in [-0.2, -0.15) is 0 Å². The van der Waals surface area contributed by atoms with Gasteiger partial charge >= 0.3 is 11.9 Å². The molecule has 1 heterocycles. The van der Waals surface area contributed by atoms with Crippen molar-refractivity contribution in [2.75, 3.05) is 0 Å². The van der Waals surface area contributed by atoms with Crippen LogP contribution in [0.15, 0.2) is 11.4 Å². The molecule has 0 radical (unpaired) electrons. The van der Waals surface area contributed by atoms with E-state index < -0.39 is 24.1 Å². The lowest BCUT2D eigenvalue weighted by molar-refractivity contribution is -0.165. The Bertz CT molecular complexity index is 523. The summed E-state index contributed by atoms with van der Waals surface area (Å²) in [6.07, 6.45) is -3.10. The first-order chi connectivity index (χ1) is 9.75. The van der Waals surface area contributed by atoms with E-state index in [1.54, 1.807) is 11.3 Å². The van der Waals surface area contributed by atoms with Gasteiger partial charge in [0.2, 0.25) is 0 Å². The van der Waals surface area contributed by atoms with Crippen molar-refractivity contribution in [2.45, 2.75) is 31.1 Å². The van der Waals surface area contributed by atoms with Gasteiger partial charge in [-0.1, -0.05) is 0 Å². The molecule has 6 N–H and O–H groups in total. The van der Waals surface area contributed by atoms with Crippen LogP contribution in [-0.4, -0.2) is 50.4 Å². The van der Waals surface area contributed by atoms with Gasteiger partial charge in [0, 0.05) is 22.9 Å². The quantitative estimate of drug-likeness (QED) is 0.503. The molecule has 1 aromatic rings. The lowest BCUT2D eigenvalue weighted by atomic mass is 9.95. The van der Waals surface area contributed by atoms with Crippen LogP contribution in [0.1, 0.15) is 34.1 Å². The fourth-order valence-corrected chi connectivity index (χ4v) is 2.61. The molecule has 116 valence electrons. The molecular weight excluding hydrogens is 302 g/mol. The smallest absolute Gasteiger partial charge is 0.335 e. The number of carboxylic acid groups (broad SMARTS) is 2. The summed E-state index contributed by atoms with van der Waals surface area (Å²) < 4.78 is 0. The highest BCUT2D eigenvalue weighted by molar-refractivity contribution is 7.10. The number of aliphatic hydroxyl groups is 2. The van der Waals surface area contributed by atoms with Crippen molar-refractivity contribution >= 4 is 29.1 Å². The Morgan fingerprint density at radius 2 is 1.76 bits per heavy atom. The minimum absolute atomic E-state index is 0.0997. The van der Waals surface area contributed by atoms with Gasteiger partial charge in [-0.05, 0) is 17.9 Å². The minimum atomic E-state index is -2.27. The maximum Gasteiger partial charge on any atom is 0.335 e. The van der Waals surface area contributed by atoms with Gasteiger partial charge in [0.05, 0.1) is 0 Å². The lowest BCUT2D eigenvalue weighted by Crippen LogP contribution is -2.39. The first kappa shape index (κ1) is 17.2. The highest BCUT2D eigenvalue weighted by Crippen LogP contribution is 2.31. The number of hydrogen-bond donors (Lipinski definition) is 5. The SMILES string of the molecule is NC1CCC(=O)c2ccsc21.O=C(O)C(O)C(O)C(=O)O. The summed E-state index contributed by atoms with van der Waals surface area (Å²) in [5.74, 6) is -3.28. The van der Waals surface area contributed by atoms with Crippen molar-refractivity contribution < 1.29 is 34.8 Å². The molecule has 0 saturated heterocycles. The number of nitrogens with two attached hydrogens (primary N) is 1. The first-order valence-corrected chi connectivity index (χ1v) is 6.81.